The number of hydrogen-bond acceptors (Lipinski definition) is 7. The summed E-state index contributed by atoms with van der Waals surface area (Å²) in [6.45, 7) is 2.83. The van der Waals surface area contributed by atoms with Gasteiger partial charge >= 0.3 is 12.1 Å². The van der Waals surface area contributed by atoms with Gasteiger partial charge in [0, 0.05) is 37.8 Å². The number of hydrazine groups is 1. The van der Waals surface area contributed by atoms with Crippen molar-refractivity contribution in [2.45, 2.75) is 13.0 Å². The minimum atomic E-state index is -0.794. The molecule has 0 radical (unpaired) electrons. The Bertz CT molecular complexity index is 918. The van der Waals surface area contributed by atoms with Gasteiger partial charge in [-0.1, -0.05) is 5.16 Å². The zero-order valence-electron chi connectivity index (χ0n) is 16.1. The van der Waals surface area contributed by atoms with Gasteiger partial charge in [0.25, 0.3) is 0 Å². The summed E-state index contributed by atoms with van der Waals surface area (Å²) in [5.74, 6) is -1.33. The Morgan fingerprint density at radius 2 is 2.03 bits per heavy atom. The van der Waals surface area contributed by atoms with E-state index in [1.54, 1.807) is 6.92 Å². The third-order valence-corrected chi connectivity index (χ3v) is 4.79. The van der Waals surface area contributed by atoms with E-state index in [1.807, 2.05) is 0 Å². The lowest BCUT2D eigenvalue weighted by atomic mass is 10.2. The van der Waals surface area contributed by atoms with Crippen LogP contribution in [0, 0.1) is 11.6 Å². The molecule has 2 saturated heterocycles. The van der Waals surface area contributed by atoms with Gasteiger partial charge in [-0.2, -0.15) is 0 Å². The summed E-state index contributed by atoms with van der Waals surface area (Å²) in [7, 11) is 0. The SMILES string of the molecule is C[C@H]1CN(c2cc(F)c(N3CCNN(C(=O)Nc4ccon4)CC3)c(F)c2)C(=O)O1. The molecular weight excluding hydrogens is 402 g/mol. The maximum atomic E-state index is 14.8. The summed E-state index contributed by atoms with van der Waals surface area (Å²) in [5, 5.41) is 7.46. The number of nitrogens with one attached hydrogen (secondary N) is 2. The predicted molar refractivity (Wildman–Crippen MR) is 102 cm³/mol. The second-order valence-electron chi connectivity index (χ2n) is 6.92. The lowest BCUT2D eigenvalue weighted by Gasteiger charge is -2.25. The van der Waals surface area contributed by atoms with E-state index in [1.165, 1.54) is 27.1 Å². The Morgan fingerprint density at radius 3 is 2.67 bits per heavy atom. The van der Waals surface area contributed by atoms with E-state index < -0.39 is 23.8 Å². The van der Waals surface area contributed by atoms with E-state index in [0.29, 0.717) is 0 Å². The summed E-state index contributed by atoms with van der Waals surface area (Å²) >= 11 is 0. The largest absolute Gasteiger partial charge is 0.444 e. The van der Waals surface area contributed by atoms with Crippen LogP contribution in [0.25, 0.3) is 0 Å². The van der Waals surface area contributed by atoms with Crippen molar-refractivity contribution in [1.29, 1.82) is 0 Å². The van der Waals surface area contributed by atoms with Gasteiger partial charge in [0.15, 0.2) is 17.5 Å². The normalized spacial score (nSPS) is 19.6. The fraction of sp³-hybridized carbons (Fsp3) is 0.389. The average Bonchev–Trinajstić information content (AvgIpc) is 3.24. The number of halogens is 2. The first-order valence-corrected chi connectivity index (χ1v) is 9.37. The molecule has 160 valence electrons. The van der Waals surface area contributed by atoms with Gasteiger partial charge in [-0.05, 0) is 6.92 Å². The first kappa shape index (κ1) is 19.9. The Kier molecular flexibility index (Phi) is 5.40. The van der Waals surface area contributed by atoms with Crippen molar-refractivity contribution >= 4 is 29.3 Å². The quantitative estimate of drug-likeness (QED) is 0.781. The fourth-order valence-electron chi connectivity index (χ4n) is 3.41. The Morgan fingerprint density at radius 1 is 1.27 bits per heavy atom. The van der Waals surface area contributed by atoms with Crippen LogP contribution in [0.15, 0.2) is 29.0 Å². The molecule has 3 heterocycles. The Hall–Kier alpha value is -3.41. The summed E-state index contributed by atoms with van der Waals surface area (Å²) < 4.78 is 39.3. The number of ether oxygens (including phenoxy) is 1. The second kappa shape index (κ2) is 8.14. The molecule has 2 aliphatic heterocycles. The van der Waals surface area contributed by atoms with Crippen LogP contribution >= 0.6 is 0 Å². The predicted octanol–water partition coefficient (Wildman–Crippen LogP) is 2.16. The van der Waals surface area contributed by atoms with Crippen LogP contribution < -0.4 is 20.5 Å². The zero-order valence-corrected chi connectivity index (χ0v) is 16.1. The van der Waals surface area contributed by atoms with Gasteiger partial charge in [-0.15, -0.1) is 0 Å². The topological polar surface area (TPSA) is 103 Å². The van der Waals surface area contributed by atoms with Gasteiger partial charge < -0.3 is 14.2 Å². The highest BCUT2D eigenvalue weighted by molar-refractivity contribution is 5.90. The minimum Gasteiger partial charge on any atom is -0.444 e. The van der Waals surface area contributed by atoms with Crippen LogP contribution in [0.1, 0.15) is 6.92 Å². The van der Waals surface area contributed by atoms with Crippen LogP contribution in [-0.4, -0.2) is 61.1 Å². The number of carbonyl (C=O) groups excluding carboxylic acids is 2. The molecule has 2 aromatic rings. The molecular formula is C18H20F2N6O4. The maximum absolute atomic E-state index is 14.8. The van der Waals surface area contributed by atoms with Crippen molar-refractivity contribution in [3.8, 4) is 0 Å². The molecule has 12 heteroatoms. The van der Waals surface area contributed by atoms with Crippen molar-refractivity contribution in [2.75, 3.05) is 47.8 Å². The third-order valence-electron chi connectivity index (χ3n) is 4.79. The smallest absolute Gasteiger partial charge is 0.414 e. The van der Waals surface area contributed by atoms with E-state index in [9.17, 15) is 18.4 Å². The molecule has 2 N–H and O–H groups in total. The van der Waals surface area contributed by atoms with Gasteiger partial charge in [0.1, 0.15) is 18.1 Å². The van der Waals surface area contributed by atoms with Crippen LogP contribution in [0.5, 0.6) is 0 Å². The minimum absolute atomic E-state index is 0.102. The molecule has 0 unspecified atom stereocenters. The highest BCUT2D eigenvalue weighted by atomic mass is 19.1. The molecule has 0 saturated carbocycles. The molecule has 30 heavy (non-hydrogen) atoms. The molecule has 1 aromatic heterocycles. The van der Waals surface area contributed by atoms with Gasteiger partial charge in [0.05, 0.1) is 18.8 Å². The monoisotopic (exact) mass is 422 g/mol. The molecule has 0 spiro atoms. The zero-order chi connectivity index (χ0) is 21.3. The Labute approximate surface area is 170 Å². The molecule has 4 rings (SSSR count). The summed E-state index contributed by atoms with van der Waals surface area (Å²) in [4.78, 5) is 26.8. The first-order valence-electron chi connectivity index (χ1n) is 9.37. The fourth-order valence-corrected chi connectivity index (χ4v) is 3.41. The van der Waals surface area contributed by atoms with Crippen LogP contribution in [0.3, 0.4) is 0 Å². The number of nitrogens with zero attached hydrogens (tertiary/aromatic N) is 4. The lowest BCUT2D eigenvalue weighted by molar-refractivity contribution is 0.150. The third kappa shape index (κ3) is 3.99. The van der Waals surface area contributed by atoms with Crippen molar-refractivity contribution < 1.29 is 27.6 Å². The summed E-state index contributed by atoms with van der Waals surface area (Å²) in [5.41, 5.74) is 2.80. The number of rotatable bonds is 3. The van der Waals surface area contributed by atoms with E-state index in [4.69, 9.17) is 4.74 Å². The van der Waals surface area contributed by atoms with Gasteiger partial charge in [-0.3, -0.25) is 15.2 Å². The number of cyclic esters (lactones) is 1. The van der Waals surface area contributed by atoms with Crippen molar-refractivity contribution in [1.82, 2.24) is 15.6 Å². The van der Waals surface area contributed by atoms with E-state index >= 15 is 0 Å². The summed E-state index contributed by atoms with van der Waals surface area (Å²) in [6.07, 6.45) is 0.335. The number of anilines is 3. The maximum Gasteiger partial charge on any atom is 0.414 e. The second-order valence-corrected chi connectivity index (χ2v) is 6.92. The summed E-state index contributed by atoms with van der Waals surface area (Å²) in [6, 6.07) is 3.25. The van der Waals surface area contributed by atoms with Crippen molar-refractivity contribution in [2.24, 2.45) is 0 Å². The highest BCUT2D eigenvalue weighted by Crippen LogP contribution is 2.31. The average molecular weight is 422 g/mol. The van der Waals surface area contributed by atoms with Gasteiger partial charge in [0.2, 0.25) is 0 Å². The van der Waals surface area contributed by atoms with Crippen LogP contribution in [-0.2, 0) is 4.74 Å². The van der Waals surface area contributed by atoms with Crippen molar-refractivity contribution in [3.05, 3.63) is 36.1 Å². The molecule has 3 amide bonds. The molecule has 1 atom stereocenters. The van der Waals surface area contributed by atoms with E-state index in [-0.39, 0.29) is 56.0 Å². The standard InChI is InChI=1S/C18H20F2N6O4/c1-11-10-25(18(28)30-11)12-8-13(19)16(14(20)9-12)24-4-3-21-26(6-5-24)17(27)22-15-2-7-29-23-15/h2,7-9,11,21H,3-6,10H2,1H3,(H,22,23,27)/t11-/m0/s1. The number of hydrogen-bond donors (Lipinski definition) is 2. The van der Waals surface area contributed by atoms with E-state index in [2.05, 4.69) is 20.4 Å². The molecule has 2 aliphatic rings. The van der Waals surface area contributed by atoms with Gasteiger partial charge in [-0.25, -0.2) is 23.8 Å². The number of carbonyl (C=O) groups is 2. The highest BCUT2D eigenvalue weighted by Gasteiger charge is 2.31. The number of urea groups is 1. The molecule has 1 aromatic carbocycles. The van der Waals surface area contributed by atoms with Crippen LogP contribution in [0.4, 0.5) is 35.6 Å². The molecule has 0 bridgehead atoms. The molecule has 10 nitrogen and oxygen atoms in total. The van der Waals surface area contributed by atoms with Crippen LogP contribution in [0.2, 0.25) is 0 Å². The number of aromatic nitrogens is 1. The van der Waals surface area contributed by atoms with Crippen molar-refractivity contribution in [3.63, 3.8) is 0 Å². The Balaban J connectivity index is 1.46. The molecule has 2 fully saturated rings. The number of benzene rings is 1. The lowest BCUT2D eigenvalue weighted by Crippen LogP contribution is -2.46. The van der Waals surface area contributed by atoms with E-state index in [0.717, 1.165) is 12.1 Å². The number of amides is 3. The first-order chi connectivity index (χ1) is 14.4. The molecule has 0 aliphatic carbocycles.